The summed E-state index contributed by atoms with van der Waals surface area (Å²) in [7, 11) is 0. The number of hydrogen-bond donors (Lipinski definition) is 2. The predicted octanol–water partition coefficient (Wildman–Crippen LogP) is 2.72. The number of amides is 2. The van der Waals surface area contributed by atoms with Crippen molar-refractivity contribution in [1.82, 2.24) is 24.6 Å². The Morgan fingerprint density at radius 3 is 2.80 bits per heavy atom. The summed E-state index contributed by atoms with van der Waals surface area (Å²) in [5, 5.41) is 10.7. The molecule has 1 aliphatic carbocycles. The van der Waals surface area contributed by atoms with Crippen LogP contribution >= 0.6 is 11.8 Å². The third-order valence-electron chi connectivity index (χ3n) is 5.88. The number of aromatic nitrogens is 4. The summed E-state index contributed by atoms with van der Waals surface area (Å²) in [6.07, 6.45) is 6.63. The number of hydrogen-bond acceptors (Lipinski definition) is 5. The van der Waals surface area contributed by atoms with Crippen LogP contribution in [0.25, 0.3) is 22.3 Å². The third-order valence-corrected chi connectivity index (χ3v) is 6.81. The number of nitrogens with one attached hydrogen (secondary N) is 1. The van der Waals surface area contributed by atoms with Crippen molar-refractivity contribution in [2.24, 2.45) is 5.73 Å². The van der Waals surface area contributed by atoms with Crippen LogP contribution in [0.5, 0.6) is 0 Å². The van der Waals surface area contributed by atoms with Gasteiger partial charge in [0.15, 0.2) is 11.0 Å². The van der Waals surface area contributed by atoms with E-state index in [1.807, 2.05) is 24.4 Å². The summed E-state index contributed by atoms with van der Waals surface area (Å²) in [5.74, 6) is 0.568. The number of primary amides is 1. The van der Waals surface area contributed by atoms with Gasteiger partial charge in [0.05, 0.1) is 5.75 Å². The highest BCUT2D eigenvalue weighted by Crippen LogP contribution is 2.42. The summed E-state index contributed by atoms with van der Waals surface area (Å²) in [4.78, 5) is 29.5. The van der Waals surface area contributed by atoms with Crippen molar-refractivity contribution in [2.75, 3.05) is 12.3 Å². The number of aromatic amines is 1. The molecule has 1 aromatic carbocycles. The Bertz CT molecular complexity index is 1100. The second kappa shape index (κ2) is 7.79. The molecule has 0 radical (unpaired) electrons. The van der Waals surface area contributed by atoms with Gasteiger partial charge in [-0.25, -0.2) is 0 Å². The number of fused-ring (bicyclic) bond motifs is 1. The predicted molar refractivity (Wildman–Crippen MR) is 115 cm³/mol. The van der Waals surface area contributed by atoms with Crippen LogP contribution in [-0.4, -0.2) is 54.8 Å². The minimum atomic E-state index is -0.491. The molecule has 8 nitrogen and oxygen atoms in total. The zero-order valence-corrected chi connectivity index (χ0v) is 17.4. The van der Waals surface area contributed by atoms with E-state index in [0.29, 0.717) is 19.0 Å². The molecule has 0 spiro atoms. The van der Waals surface area contributed by atoms with Gasteiger partial charge >= 0.3 is 0 Å². The van der Waals surface area contributed by atoms with E-state index in [9.17, 15) is 9.59 Å². The molecule has 30 heavy (non-hydrogen) atoms. The van der Waals surface area contributed by atoms with Gasteiger partial charge < -0.3 is 15.6 Å². The van der Waals surface area contributed by atoms with Crippen molar-refractivity contribution >= 4 is 34.5 Å². The van der Waals surface area contributed by atoms with Crippen LogP contribution in [0.3, 0.4) is 0 Å². The van der Waals surface area contributed by atoms with Crippen LogP contribution in [0.2, 0.25) is 0 Å². The minimum absolute atomic E-state index is 0.0671. The van der Waals surface area contributed by atoms with Crippen LogP contribution < -0.4 is 5.73 Å². The first-order chi connectivity index (χ1) is 14.6. The molecule has 3 aromatic rings. The maximum Gasteiger partial charge on any atom is 0.240 e. The molecule has 3 N–H and O–H groups in total. The van der Waals surface area contributed by atoms with E-state index in [2.05, 4.69) is 25.8 Å². The number of H-pyrrole nitrogens is 1. The molecule has 2 aliphatic rings. The van der Waals surface area contributed by atoms with E-state index in [4.69, 9.17) is 5.73 Å². The van der Waals surface area contributed by atoms with Gasteiger partial charge in [0, 0.05) is 35.2 Å². The minimum Gasteiger partial charge on any atom is -0.368 e. The monoisotopic (exact) mass is 424 g/mol. The fourth-order valence-corrected chi connectivity index (χ4v) is 5.10. The van der Waals surface area contributed by atoms with Crippen molar-refractivity contribution in [1.29, 1.82) is 0 Å². The van der Waals surface area contributed by atoms with Gasteiger partial charge in [-0.2, -0.15) is 0 Å². The summed E-state index contributed by atoms with van der Waals surface area (Å²) in [6, 6.07) is 8.01. The van der Waals surface area contributed by atoms with E-state index >= 15 is 0 Å². The van der Waals surface area contributed by atoms with E-state index in [-0.39, 0.29) is 11.7 Å². The average molecular weight is 425 g/mol. The molecule has 2 aromatic heterocycles. The Kier molecular flexibility index (Phi) is 4.98. The van der Waals surface area contributed by atoms with Crippen molar-refractivity contribution < 1.29 is 9.59 Å². The lowest BCUT2D eigenvalue weighted by atomic mass is 10.0. The Morgan fingerprint density at radius 2 is 2.00 bits per heavy atom. The fourth-order valence-electron chi connectivity index (χ4n) is 4.21. The van der Waals surface area contributed by atoms with Gasteiger partial charge in [0.25, 0.3) is 0 Å². The Balaban J connectivity index is 1.38. The SMILES string of the molecule is NC(=O)C1CCCCN1C(=O)CSc1nnc(-c2c[nH]c3ccccc23)n1C1CC1. The van der Waals surface area contributed by atoms with Gasteiger partial charge in [0.1, 0.15) is 6.04 Å². The summed E-state index contributed by atoms with van der Waals surface area (Å²) in [5.41, 5.74) is 7.59. The number of rotatable bonds is 6. The normalized spacial score (nSPS) is 19.3. The number of thioether (sulfide) groups is 1. The molecule has 0 bridgehead atoms. The fraction of sp³-hybridized carbons (Fsp3) is 0.429. The first kappa shape index (κ1) is 19.2. The smallest absolute Gasteiger partial charge is 0.240 e. The highest BCUT2D eigenvalue weighted by Gasteiger charge is 2.33. The number of nitrogens with two attached hydrogens (primary N) is 1. The standard InChI is InChI=1S/C21H24N6O2S/c22-19(29)17-7-3-4-10-26(17)18(28)12-30-21-25-24-20(27(21)13-8-9-13)15-11-23-16-6-2-1-5-14(15)16/h1-2,5-6,11,13,17,23H,3-4,7-10,12H2,(H2,22,29). The number of likely N-dealkylation sites (tertiary alicyclic amines) is 1. The molecule has 1 saturated heterocycles. The van der Waals surface area contributed by atoms with Gasteiger partial charge in [-0.3, -0.25) is 14.2 Å². The first-order valence-electron chi connectivity index (χ1n) is 10.4. The zero-order valence-electron chi connectivity index (χ0n) is 16.6. The number of piperidine rings is 1. The molecule has 2 amide bonds. The molecule has 1 unspecified atom stereocenters. The average Bonchev–Trinajstić information content (AvgIpc) is 3.38. The van der Waals surface area contributed by atoms with E-state index in [1.165, 1.54) is 11.8 Å². The summed E-state index contributed by atoms with van der Waals surface area (Å²) >= 11 is 1.39. The Labute approximate surface area is 178 Å². The lowest BCUT2D eigenvalue weighted by Crippen LogP contribution is -2.51. The molecule has 1 saturated carbocycles. The molecule has 1 aliphatic heterocycles. The van der Waals surface area contributed by atoms with Crippen molar-refractivity contribution in [3.05, 3.63) is 30.5 Å². The first-order valence-corrected chi connectivity index (χ1v) is 11.3. The Morgan fingerprint density at radius 1 is 1.17 bits per heavy atom. The lowest BCUT2D eigenvalue weighted by molar-refractivity contribution is -0.138. The number of para-hydroxylation sites is 1. The lowest BCUT2D eigenvalue weighted by Gasteiger charge is -2.33. The van der Waals surface area contributed by atoms with E-state index < -0.39 is 11.9 Å². The molecule has 5 rings (SSSR count). The van der Waals surface area contributed by atoms with Gasteiger partial charge in [-0.05, 0) is 38.2 Å². The molecule has 3 heterocycles. The van der Waals surface area contributed by atoms with Crippen LogP contribution in [0.15, 0.2) is 35.6 Å². The van der Waals surface area contributed by atoms with Crippen molar-refractivity contribution in [3.8, 4) is 11.4 Å². The van der Waals surface area contributed by atoms with E-state index in [0.717, 1.165) is 53.1 Å². The van der Waals surface area contributed by atoms with Crippen molar-refractivity contribution in [3.63, 3.8) is 0 Å². The molecule has 156 valence electrons. The van der Waals surface area contributed by atoms with Crippen LogP contribution in [0, 0.1) is 0 Å². The number of nitrogens with zero attached hydrogens (tertiary/aromatic N) is 4. The quantitative estimate of drug-likeness (QED) is 0.591. The number of carbonyl (C=O) groups is 2. The van der Waals surface area contributed by atoms with Gasteiger partial charge in [-0.15, -0.1) is 10.2 Å². The highest BCUT2D eigenvalue weighted by atomic mass is 32.2. The number of benzene rings is 1. The van der Waals surface area contributed by atoms with Gasteiger partial charge in [0.2, 0.25) is 11.8 Å². The molecular weight excluding hydrogens is 400 g/mol. The molecule has 9 heteroatoms. The van der Waals surface area contributed by atoms with E-state index in [1.54, 1.807) is 4.90 Å². The second-order valence-corrected chi connectivity index (χ2v) is 8.89. The highest BCUT2D eigenvalue weighted by molar-refractivity contribution is 7.99. The van der Waals surface area contributed by atoms with Crippen molar-refractivity contribution in [2.45, 2.75) is 49.3 Å². The van der Waals surface area contributed by atoms with Crippen LogP contribution in [-0.2, 0) is 9.59 Å². The van der Waals surface area contributed by atoms with Gasteiger partial charge in [-0.1, -0.05) is 30.0 Å². The van der Waals surface area contributed by atoms with Crippen LogP contribution in [0.1, 0.15) is 38.1 Å². The topological polar surface area (TPSA) is 110 Å². The zero-order chi connectivity index (χ0) is 20.7. The molecule has 2 fully saturated rings. The molecule has 1 atom stereocenters. The third kappa shape index (κ3) is 3.47. The maximum absolute atomic E-state index is 12.8. The summed E-state index contributed by atoms with van der Waals surface area (Å²) < 4.78 is 2.16. The molecular formula is C21H24N6O2S. The Hall–Kier alpha value is -2.81. The second-order valence-electron chi connectivity index (χ2n) is 7.95. The number of carbonyl (C=O) groups excluding carboxylic acids is 2. The van der Waals surface area contributed by atoms with Crippen LogP contribution in [0.4, 0.5) is 0 Å². The largest absolute Gasteiger partial charge is 0.368 e. The summed E-state index contributed by atoms with van der Waals surface area (Å²) in [6.45, 7) is 0.586. The maximum atomic E-state index is 12.8.